The van der Waals surface area contributed by atoms with Gasteiger partial charge >= 0.3 is 5.97 Å². The van der Waals surface area contributed by atoms with Gasteiger partial charge in [0.2, 0.25) is 0 Å². The lowest BCUT2D eigenvalue weighted by atomic mass is 10.1. The molecule has 0 saturated heterocycles. The molecular weight excluding hydrogens is 366 g/mol. The lowest BCUT2D eigenvalue weighted by molar-refractivity contribution is -0.144. The number of rotatable bonds is 7. The van der Waals surface area contributed by atoms with E-state index in [2.05, 4.69) is 5.16 Å². The van der Waals surface area contributed by atoms with E-state index in [-0.39, 0.29) is 19.0 Å². The molecule has 1 heterocycles. The van der Waals surface area contributed by atoms with Crippen LogP contribution >= 0.6 is 11.6 Å². The topological polar surface area (TPSA) is 61.6 Å². The first-order valence-corrected chi connectivity index (χ1v) is 8.92. The van der Waals surface area contributed by atoms with Crippen LogP contribution in [0, 0.1) is 13.8 Å². The molecule has 140 valence electrons. The van der Waals surface area contributed by atoms with Crippen LogP contribution in [0.25, 0.3) is 0 Å². The molecule has 0 radical (unpaired) electrons. The smallest absolute Gasteiger partial charge is 0.310 e. The Bertz CT molecular complexity index is 899. The van der Waals surface area contributed by atoms with Crippen molar-refractivity contribution < 1.29 is 18.8 Å². The minimum Gasteiger partial charge on any atom is -0.489 e. The summed E-state index contributed by atoms with van der Waals surface area (Å²) in [5.41, 5.74) is 3.49. The van der Waals surface area contributed by atoms with Crippen LogP contribution in [0.4, 0.5) is 0 Å². The number of hydrogen-bond acceptors (Lipinski definition) is 5. The molecule has 0 aliphatic heterocycles. The lowest BCUT2D eigenvalue weighted by Crippen LogP contribution is -2.08. The monoisotopic (exact) mass is 385 g/mol. The molecule has 0 aliphatic carbocycles. The van der Waals surface area contributed by atoms with Crippen molar-refractivity contribution in [3.05, 3.63) is 81.7 Å². The van der Waals surface area contributed by atoms with Crippen molar-refractivity contribution in [1.29, 1.82) is 0 Å². The van der Waals surface area contributed by atoms with Crippen LogP contribution in [0.3, 0.4) is 0 Å². The average molecular weight is 386 g/mol. The summed E-state index contributed by atoms with van der Waals surface area (Å²) < 4.78 is 16.2. The predicted molar refractivity (Wildman–Crippen MR) is 102 cm³/mol. The van der Waals surface area contributed by atoms with Gasteiger partial charge in [0.1, 0.15) is 24.7 Å². The van der Waals surface area contributed by atoms with Gasteiger partial charge in [-0.05, 0) is 49.2 Å². The number of carbonyl (C=O) groups is 1. The van der Waals surface area contributed by atoms with Crippen LogP contribution in [0.2, 0.25) is 5.02 Å². The maximum Gasteiger partial charge on any atom is 0.310 e. The second-order valence-corrected chi connectivity index (χ2v) is 6.64. The summed E-state index contributed by atoms with van der Waals surface area (Å²) in [6.07, 6.45) is 0.199. The van der Waals surface area contributed by atoms with Crippen LogP contribution < -0.4 is 4.74 Å². The second-order valence-electron chi connectivity index (χ2n) is 6.20. The summed E-state index contributed by atoms with van der Waals surface area (Å²) in [6.45, 7) is 4.34. The van der Waals surface area contributed by atoms with Crippen LogP contribution in [-0.2, 0) is 29.2 Å². The van der Waals surface area contributed by atoms with Gasteiger partial charge < -0.3 is 14.0 Å². The van der Waals surface area contributed by atoms with E-state index in [9.17, 15) is 4.79 Å². The maximum atomic E-state index is 12.0. The molecule has 3 aromatic rings. The van der Waals surface area contributed by atoms with Gasteiger partial charge in [-0.1, -0.05) is 41.0 Å². The Labute approximate surface area is 162 Å². The SMILES string of the molecule is Cc1noc(C)c1COc1ccc(CC(=O)OCc2cccc(Cl)c2)cc1. The number of hydrogen-bond donors (Lipinski definition) is 0. The Hall–Kier alpha value is -2.79. The number of esters is 1. The molecule has 0 aliphatic rings. The summed E-state index contributed by atoms with van der Waals surface area (Å²) in [5.74, 6) is 1.18. The van der Waals surface area contributed by atoms with Crippen molar-refractivity contribution >= 4 is 17.6 Å². The number of benzene rings is 2. The molecule has 6 heteroatoms. The van der Waals surface area contributed by atoms with Gasteiger partial charge in [0.25, 0.3) is 0 Å². The molecule has 2 aromatic carbocycles. The summed E-state index contributed by atoms with van der Waals surface area (Å²) in [5, 5.41) is 4.53. The van der Waals surface area contributed by atoms with E-state index in [0.717, 1.165) is 28.1 Å². The fraction of sp³-hybridized carbons (Fsp3) is 0.238. The molecule has 0 amide bonds. The van der Waals surface area contributed by atoms with Gasteiger partial charge in [0.15, 0.2) is 0 Å². The second kappa shape index (κ2) is 8.73. The fourth-order valence-electron chi connectivity index (χ4n) is 2.58. The standard InChI is InChI=1S/C21H20ClNO4/c1-14-20(15(2)27-23-14)13-25-19-8-6-16(7-9-19)11-21(24)26-12-17-4-3-5-18(22)10-17/h3-10H,11-13H2,1-2H3. The van der Waals surface area contributed by atoms with Crippen molar-refractivity contribution in [2.24, 2.45) is 0 Å². The van der Waals surface area contributed by atoms with Gasteiger partial charge in [-0.3, -0.25) is 4.79 Å². The minimum atomic E-state index is -0.292. The van der Waals surface area contributed by atoms with Crippen molar-refractivity contribution in [2.75, 3.05) is 0 Å². The highest BCUT2D eigenvalue weighted by molar-refractivity contribution is 6.30. The number of carbonyl (C=O) groups excluding carboxylic acids is 1. The van der Waals surface area contributed by atoms with Gasteiger partial charge in [0.05, 0.1) is 17.7 Å². The van der Waals surface area contributed by atoms with Crippen molar-refractivity contribution in [2.45, 2.75) is 33.5 Å². The van der Waals surface area contributed by atoms with Crippen molar-refractivity contribution in [3.63, 3.8) is 0 Å². The van der Waals surface area contributed by atoms with E-state index in [0.29, 0.717) is 17.4 Å². The molecule has 0 N–H and O–H groups in total. The Morgan fingerprint density at radius 2 is 1.85 bits per heavy atom. The number of halogens is 1. The number of nitrogens with zero attached hydrogens (tertiary/aromatic N) is 1. The predicted octanol–water partition coefficient (Wildman–Crippen LogP) is 4.81. The van der Waals surface area contributed by atoms with E-state index < -0.39 is 0 Å². The largest absolute Gasteiger partial charge is 0.489 e. The van der Waals surface area contributed by atoms with Crippen LogP contribution in [-0.4, -0.2) is 11.1 Å². The summed E-state index contributed by atoms with van der Waals surface area (Å²) in [7, 11) is 0. The number of aryl methyl sites for hydroxylation is 2. The third-order valence-corrected chi connectivity index (χ3v) is 4.36. The molecule has 0 spiro atoms. The van der Waals surface area contributed by atoms with Gasteiger partial charge in [-0.25, -0.2) is 0 Å². The molecule has 1 aromatic heterocycles. The van der Waals surface area contributed by atoms with E-state index in [1.807, 2.05) is 50.2 Å². The van der Waals surface area contributed by atoms with E-state index in [1.54, 1.807) is 12.1 Å². The number of aromatic nitrogens is 1. The summed E-state index contributed by atoms with van der Waals surface area (Å²) in [4.78, 5) is 12.0. The normalized spacial score (nSPS) is 10.6. The zero-order valence-corrected chi connectivity index (χ0v) is 16.0. The first-order chi connectivity index (χ1) is 13.0. The van der Waals surface area contributed by atoms with E-state index in [4.69, 9.17) is 25.6 Å². The zero-order chi connectivity index (χ0) is 19.2. The van der Waals surface area contributed by atoms with Gasteiger partial charge in [-0.15, -0.1) is 0 Å². The zero-order valence-electron chi connectivity index (χ0n) is 15.2. The van der Waals surface area contributed by atoms with Crippen molar-refractivity contribution in [3.8, 4) is 5.75 Å². The molecular formula is C21H20ClNO4. The molecule has 0 bridgehead atoms. The fourth-order valence-corrected chi connectivity index (χ4v) is 2.79. The van der Waals surface area contributed by atoms with Gasteiger partial charge in [-0.2, -0.15) is 0 Å². The average Bonchev–Trinajstić information content (AvgIpc) is 2.97. The van der Waals surface area contributed by atoms with Gasteiger partial charge in [0, 0.05) is 5.02 Å². The first kappa shape index (κ1) is 19.0. The van der Waals surface area contributed by atoms with Crippen molar-refractivity contribution in [1.82, 2.24) is 5.16 Å². The molecule has 5 nitrogen and oxygen atoms in total. The molecule has 0 unspecified atom stereocenters. The van der Waals surface area contributed by atoms with Crippen LogP contribution in [0.1, 0.15) is 28.1 Å². The van der Waals surface area contributed by atoms with E-state index in [1.165, 1.54) is 0 Å². The Balaban J connectivity index is 1.49. The summed E-state index contributed by atoms with van der Waals surface area (Å²) in [6, 6.07) is 14.6. The molecule has 0 atom stereocenters. The highest BCUT2D eigenvalue weighted by Crippen LogP contribution is 2.18. The highest BCUT2D eigenvalue weighted by atomic mass is 35.5. The Kier molecular flexibility index (Phi) is 6.14. The molecule has 0 fully saturated rings. The number of ether oxygens (including phenoxy) is 2. The van der Waals surface area contributed by atoms with Crippen LogP contribution in [0.5, 0.6) is 5.75 Å². The molecule has 3 rings (SSSR count). The van der Waals surface area contributed by atoms with Crippen LogP contribution in [0.15, 0.2) is 53.1 Å². The summed E-state index contributed by atoms with van der Waals surface area (Å²) >= 11 is 5.92. The van der Waals surface area contributed by atoms with E-state index >= 15 is 0 Å². The Morgan fingerprint density at radius 3 is 2.52 bits per heavy atom. The lowest BCUT2D eigenvalue weighted by Gasteiger charge is -2.08. The minimum absolute atomic E-state index is 0.199. The Morgan fingerprint density at radius 1 is 1.07 bits per heavy atom. The molecule has 0 saturated carbocycles. The molecule has 27 heavy (non-hydrogen) atoms. The first-order valence-electron chi connectivity index (χ1n) is 8.55. The third-order valence-electron chi connectivity index (χ3n) is 4.13. The maximum absolute atomic E-state index is 12.0. The quantitative estimate of drug-likeness (QED) is 0.546. The third kappa shape index (κ3) is 5.34. The highest BCUT2D eigenvalue weighted by Gasteiger charge is 2.10.